The number of carbonyl (C=O) groups is 1. The van der Waals surface area contributed by atoms with Crippen molar-refractivity contribution in [3.05, 3.63) is 35.9 Å². The average Bonchev–Trinajstić information content (AvgIpc) is 2.58. The van der Waals surface area contributed by atoms with Gasteiger partial charge in [0.05, 0.1) is 19.3 Å². The van der Waals surface area contributed by atoms with E-state index in [0.29, 0.717) is 13.2 Å². The summed E-state index contributed by atoms with van der Waals surface area (Å²) in [7, 11) is 0. The molecule has 1 aromatic carbocycles. The highest BCUT2D eigenvalue weighted by molar-refractivity contribution is 5.80. The van der Waals surface area contributed by atoms with Crippen molar-refractivity contribution in [2.45, 2.75) is 38.4 Å². The molecule has 0 aliphatic carbocycles. The Morgan fingerprint density at radius 2 is 2.23 bits per heavy atom. The van der Waals surface area contributed by atoms with E-state index in [-0.39, 0.29) is 12.0 Å². The van der Waals surface area contributed by atoms with Gasteiger partial charge in [0.15, 0.2) is 0 Å². The lowest BCUT2D eigenvalue weighted by molar-refractivity contribution is -0.135. The maximum Gasteiger partial charge on any atom is 0.249 e. The highest BCUT2D eigenvalue weighted by atomic mass is 16.5. The third-order valence-electron chi connectivity index (χ3n) is 3.53. The van der Waals surface area contributed by atoms with Gasteiger partial charge in [0.2, 0.25) is 5.91 Å². The molecule has 0 spiro atoms. The highest BCUT2D eigenvalue weighted by Crippen LogP contribution is 2.13. The van der Waals surface area contributed by atoms with Gasteiger partial charge < -0.3 is 14.8 Å². The molecule has 1 amide bonds. The Bertz CT molecular complexity index is 512. The molecule has 4 heteroatoms. The summed E-state index contributed by atoms with van der Waals surface area (Å²) in [5.74, 6) is 5.79. The van der Waals surface area contributed by atoms with Gasteiger partial charge in [0, 0.05) is 12.2 Å². The van der Waals surface area contributed by atoms with Crippen LogP contribution in [0.25, 0.3) is 0 Å². The van der Waals surface area contributed by atoms with Crippen molar-refractivity contribution in [1.29, 1.82) is 0 Å². The van der Waals surface area contributed by atoms with Crippen LogP contribution in [0.15, 0.2) is 30.3 Å². The van der Waals surface area contributed by atoms with Crippen LogP contribution < -0.4 is 5.32 Å². The maximum atomic E-state index is 11.9. The Labute approximate surface area is 132 Å². The first-order chi connectivity index (χ1) is 10.8. The highest BCUT2D eigenvalue weighted by Gasteiger charge is 2.18. The summed E-state index contributed by atoms with van der Waals surface area (Å²) in [4.78, 5) is 11.9. The predicted molar refractivity (Wildman–Crippen MR) is 85.3 cm³/mol. The van der Waals surface area contributed by atoms with E-state index in [1.165, 1.54) is 6.42 Å². The summed E-state index contributed by atoms with van der Waals surface area (Å²) < 4.78 is 11.1. The first-order valence-electron chi connectivity index (χ1n) is 7.80. The topological polar surface area (TPSA) is 47.6 Å². The molecule has 1 aromatic rings. The Kier molecular flexibility index (Phi) is 6.95. The van der Waals surface area contributed by atoms with Crippen LogP contribution in [0, 0.1) is 11.8 Å². The fourth-order valence-electron chi connectivity index (χ4n) is 2.21. The number of hydrogen-bond donors (Lipinski definition) is 1. The molecule has 2 unspecified atom stereocenters. The van der Waals surface area contributed by atoms with Crippen LogP contribution in [0.2, 0.25) is 0 Å². The summed E-state index contributed by atoms with van der Waals surface area (Å²) in [6, 6.07) is 9.69. The molecule has 118 valence electrons. The first kappa shape index (κ1) is 16.5. The van der Waals surface area contributed by atoms with Gasteiger partial charge in [0.1, 0.15) is 6.10 Å². The fraction of sp³-hybridized carbons (Fsp3) is 0.500. The first-order valence-corrected chi connectivity index (χ1v) is 7.80. The van der Waals surface area contributed by atoms with Gasteiger partial charge in [-0.05, 0) is 38.3 Å². The number of nitrogens with one attached hydrogen (secondary N) is 1. The Balaban J connectivity index is 1.65. The second-order valence-electron chi connectivity index (χ2n) is 5.35. The molecule has 1 saturated heterocycles. The minimum Gasteiger partial charge on any atom is -0.376 e. The van der Waals surface area contributed by atoms with Crippen molar-refractivity contribution in [3.8, 4) is 11.8 Å². The minimum absolute atomic E-state index is 0.127. The van der Waals surface area contributed by atoms with Gasteiger partial charge in [0.25, 0.3) is 0 Å². The van der Waals surface area contributed by atoms with E-state index in [1.807, 2.05) is 30.3 Å². The van der Waals surface area contributed by atoms with E-state index in [2.05, 4.69) is 17.2 Å². The minimum atomic E-state index is -0.482. The van der Waals surface area contributed by atoms with E-state index < -0.39 is 6.10 Å². The van der Waals surface area contributed by atoms with Crippen molar-refractivity contribution >= 4 is 5.91 Å². The molecule has 0 bridgehead atoms. The molecule has 0 radical (unpaired) electrons. The van der Waals surface area contributed by atoms with Gasteiger partial charge in [-0.25, -0.2) is 0 Å². The molecule has 2 atom stereocenters. The number of hydrogen-bond acceptors (Lipinski definition) is 3. The smallest absolute Gasteiger partial charge is 0.249 e. The second kappa shape index (κ2) is 9.24. The monoisotopic (exact) mass is 301 g/mol. The second-order valence-corrected chi connectivity index (χ2v) is 5.35. The van der Waals surface area contributed by atoms with Crippen LogP contribution >= 0.6 is 0 Å². The lowest BCUT2D eigenvalue weighted by Gasteiger charge is -2.23. The van der Waals surface area contributed by atoms with Crippen molar-refractivity contribution in [3.63, 3.8) is 0 Å². The molecule has 0 aromatic heterocycles. The number of ether oxygens (including phenoxy) is 2. The molecule has 4 nitrogen and oxygen atoms in total. The van der Waals surface area contributed by atoms with Crippen LogP contribution in [-0.2, 0) is 14.3 Å². The zero-order valence-corrected chi connectivity index (χ0v) is 13.0. The van der Waals surface area contributed by atoms with Crippen LogP contribution in [0.5, 0.6) is 0 Å². The lowest BCUT2D eigenvalue weighted by atomic mass is 10.1. The van der Waals surface area contributed by atoms with Crippen molar-refractivity contribution in [2.75, 3.05) is 19.8 Å². The summed E-state index contributed by atoms with van der Waals surface area (Å²) >= 11 is 0. The average molecular weight is 301 g/mol. The summed E-state index contributed by atoms with van der Waals surface area (Å²) in [5.41, 5.74) is 0.940. The maximum absolute atomic E-state index is 11.9. The molecule has 1 N–H and O–H groups in total. The molecule has 1 heterocycles. The van der Waals surface area contributed by atoms with Gasteiger partial charge >= 0.3 is 0 Å². The molecule has 1 aliphatic heterocycles. The molecule has 0 saturated carbocycles. The van der Waals surface area contributed by atoms with Crippen molar-refractivity contribution < 1.29 is 14.3 Å². The molecule has 1 fully saturated rings. The third kappa shape index (κ3) is 5.88. The number of amides is 1. The zero-order valence-electron chi connectivity index (χ0n) is 13.0. The largest absolute Gasteiger partial charge is 0.376 e. The van der Waals surface area contributed by atoms with E-state index in [9.17, 15) is 4.79 Å². The fourth-order valence-corrected chi connectivity index (χ4v) is 2.21. The standard InChI is InChI=1S/C18H23NO3/c1-15(22-14-17-11-5-6-13-21-17)18(20)19-12-7-10-16-8-3-2-4-9-16/h2-4,8-9,15,17H,5-6,11-14H2,1H3,(H,19,20). The van der Waals surface area contributed by atoms with Gasteiger partial charge in [-0.15, -0.1) is 0 Å². The Morgan fingerprint density at radius 3 is 2.95 bits per heavy atom. The van der Waals surface area contributed by atoms with Gasteiger partial charge in [-0.2, -0.15) is 0 Å². The quantitative estimate of drug-likeness (QED) is 0.848. The number of rotatable bonds is 5. The van der Waals surface area contributed by atoms with Crippen molar-refractivity contribution in [1.82, 2.24) is 5.32 Å². The summed E-state index contributed by atoms with van der Waals surface area (Å²) in [6.45, 7) is 3.35. The van der Waals surface area contributed by atoms with E-state index >= 15 is 0 Å². The lowest BCUT2D eigenvalue weighted by Crippen LogP contribution is -2.37. The number of carbonyl (C=O) groups excluding carboxylic acids is 1. The van der Waals surface area contributed by atoms with Crippen LogP contribution in [0.4, 0.5) is 0 Å². The van der Waals surface area contributed by atoms with Gasteiger partial charge in [-0.3, -0.25) is 4.79 Å². The Hall–Kier alpha value is -1.83. The van der Waals surface area contributed by atoms with Crippen LogP contribution in [0.1, 0.15) is 31.7 Å². The molecule has 2 rings (SSSR count). The summed E-state index contributed by atoms with van der Waals surface area (Å²) in [6.07, 6.45) is 2.94. The number of benzene rings is 1. The van der Waals surface area contributed by atoms with Crippen LogP contribution in [0.3, 0.4) is 0 Å². The SMILES string of the molecule is CC(OCC1CCCCO1)C(=O)NCC#Cc1ccccc1. The molecular weight excluding hydrogens is 278 g/mol. The van der Waals surface area contributed by atoms with Crippen molar-refractivity contribution in [2.24, 2.45) is 0 Å². The summed E-state index contributed by atoms with van der Waals surface area (Å²) in [5, 5.41) is 2.76. The predicted octanol–water partition coefficient (Wildman–Crippen LogP) is 2.13. The molecular formula is C18H23NO3. The van der Waals surface area contributed by atoms with E-state index in [1.54, 1.807) is 6.92 Å². The van der Waals surface area contributed by atoms with Gasteiger partial charge in [-0.1, -0.05) is 30.0 Å². The third-order valence-corrected chi connectivity index (χ3v) is 3.53. The molecule has 22 heavy (non-hydrogen) atoms. The van der Waals surface area contributed by atoms with Crippen LogP contribution in [-0.4, -0.2) is 37.9 Å². The normalized spacial score (nSPS) is 18.9. The Morgan fingerprint density at radius 1 is 1.41 bits per heavy atom. The zero-order chi connectivity index (χ0) is 15.6. The molecule has 1 aliphatic rings. The van der Waals surface area contributed by atoms with E-state index in [0.717, 1.165) is 25.0 Å². The van der Waals surface area contributed by atoms with E-state index in [4.69, 9.17) is 9.47 Å².